The highest BCUT2D eigenvalue weighted by molar-refractivity contribution is 5.86. The summed E-state index contributed by atoms with van der Waals surface area (Å²) >= 11 is 0. The fourth-order valence-corrected chi connectivity index (χ4v) is 5.92. The van der Waals surface area contributed by atoms with Gasteiger partial charge in [0, 0.05) is 36.6 Å². The number of carbonyl (C=O) groups excluding carboxylic acids is 2. The van der Waals surface area contributed by atoms with Crippen LogP contribution in [0.25, 0.3) is 0 Å². The predicted molar refractivity (Wildman–Crippen MR) is 139 cm³/mol. The molecule has 0 spiro atoms. The molecule has 5 atom stereocenters. The Labute approximate surface area is 223 Å². The summed E-state index contributed by atoms with van der Waals surface area (Å²) in [7, 11) is 1.64. The second-order valence-electron chi connectivity index (χ2n) is 10.8. The van der Waals surface area contributed by atoms with Gasteiger partial charge in [0.2, 0.25) is 5.91 Å². The van der Waals surface area contributed by atoms with E-state index in [2.05, 4.69) is 19.2 Å². The van der Waals surface area contributed by atoms with Crippen molar-refractivity contribution in [3.8, 4) is 11.5 Å². The Hall–Kier alpha value is -3.30. The normalized spacial score (nSPS) is 26.1. The smallest absolute Gasteiger partial charge is 0.408 e. The molecule has 0 aromatic heterocycles. The van der Waals surface area contributed by atoms with Gasteiger partial charge in [-0.2, -0.15) is 0 Å². The summed E-state index contributed by atoms with van der Waals surface area (Å²) in [4.78, 5) is 27.3. The first-order valence-electron chi connectivity index (χ1n) is 13.2. The SMILES string of the molecule is COc1ccc2c(c1)OC(C)(C)[C@H]1C[C@@H]3CN(C(=O)[C@H](CO)NC(=O)OCc4ccccc4)CC[C@@H]3O[C@H]21. The maximum Gasteiger partial charge on any atom is 0.408 e. The van der Waals surface area contributed by atoms with Gasteiger partial charge in [0.25, 0.3) is 0 Å². The third-order valence-electron chi connectivity index (χ3n) is 8.00. The maximum atomic E-state index is 13.3. The van der Waals surface area contributed by atoms with Gasteiger partial charge in [-0.1, -0.05) is 30.3 Å². The first-order valence-corrected chi connectivity index (χ1v) is 13.2. The molecule has 2 aromatic rings. The van der Waals surface area contributed by atoms with Crippen molar-refractivity contribution in [1.29, 1.82) is 0 Å². The van der Waals surface area contributed by atoms with Crippen molar-refractivity contribution >= 4 is 12.0 Å². The van der Waals surface area contributed by atoms with E-state index in [1.165, 1.54) is 0 Å². The fraction of sp³-hybridized carbons (Fsp3) is 0.517. The van der Waals surface area contributed by atoms with E-state index in [1.807, 2.05) is 48.5 Å². The molecule has 2 fully saturated rings. The van der Waals surface area contributed by atoms with Crippen molar-refractivity contribution in [2.24, 2.45) is 11.8 Å². The van der Waals surface area contributed by atoms with Crippen molar-refractivity contribution in [3.05, 3.63) is 59.7 Å². The van der Waals surface area contributed by atoms with E-state index in [9.17, 15) is 14.7 Å². The average Bonchev–Trinajstić information content (AvgIpc) is 2.93. The lowest BCUT2D eigenvalue weighted by Crippen LogP contribution is -2.58. The predicted octanol–water partition coefficient (Wildman–Crippen LogP) is 3.45. The first kappa shape index (κ1) is 26.3. The third kappa shape index (κ3) is 5.31. The zero-order valence-corrected chi connectivity index (χ0v) is 22.1. The van der Waals surface area contributed by atoms with E-state index in [0.29, 0.717) is 19.5 Å². The number of rotatable bonds is 6. The highest BCUT2D eigenvalue weighted by atomic mass is 16.5. The Bertz CT molecular complexity index is 1150. The molecule has 3 aliphatic heterocycles. The molecule has 2 N–H and O–H groups in total. The van der Waals surface area contributed by atoms with Crippen LogP contribution in [0.3, 0.4) is 0 Å². The van der Waals surface area contributed by atoms with Crippen LogP contribution in [0.2, 0.25) is 0 Å². The summed E-state index contributed by atoms with van der Waals surface area (Å²) in [6.45, 7) is 4.72. The Morgan fingerprint density at radius 1 is 1.21 bits per heavy atom. The number of nitrogens with one attached hydrogen (secondary N) is 1. The highest BCUT2D eigenvalue weighted by Gasteiger charge is 2.51. The van der Waals surface area contributed by atoms with Crippen molar-refractivity contribution in [2.75, 3.05) is 26.8 Å². The Kier molecular flexibility index (Phi) is 7.49. The number of hydrogen-bond acceptors (Lipinski definition) is 7. The van der Waals surface area contributed by atoms with Crippen LogP contribution >= 0.6 is 0 Å². The van der Waals surface area contributed by atoms with Crippen LogP contribution in [0, 0.1) is 11.8 Å². The van der Waals surface area contributed by atoms with E-state index >= 15 is 0 Å². The van der Waals surface area contributed by atoms with E-state index in [1.54, 1.807) is 12.0 Å². The second-order valence-corrected chi connectivity index (χ2v) is 10.8. The molecule has 2 amide bonds. The molecule has 2 saturated heterocycles. The molecule has 5 rings (SSSR count). The topological polar surface area (TPSA) is 107 Å². The summed E-state index contributed by atoms with van der Waals surface area (Å²) in [5, 5.41) is 12.4. The summed E-state index contributed by atoms with van der Waals surface area (Å²) < 4.78 is 23.7. The molecule has 3 aliphatic rings. The van der Waals surface area contributed by atoms with E-state index in [4.69, 9.17) is 18.9 Å². The first-order chi connectivity index (χ1) is 18.3. The summed E-state index contributed by atoms with van der Waals surface area (Å²) in [5.74, 6) is 1.45. The number of alkyl carbamates (subject to hydrolysis) is 1. The average molecular weight is 525 g/mol. The minimum Gasteiger partial charge on any atom is -0.497 e. The molecule has 0 radical (unpaired) electrons. The van der Waals surface area contributed by atoms with Crippen molar-refractivity contribution in [1.82, 2.24) is 10.2 Å². The van der Waals surface area contributed by atoms with Crippen LogP contribution in [0.4, 0.5) is 4.79 Å². The molecule has 0 bridgehead atoms. The highest BCUT2D eigenvalue weighted by Crippen LogP contribution is 2.53. The Balaban J connectivity index is 1.22. The number of nitrogens with zero attached hydrogens (tertiary/aromatic N) is 1. The van der Waals surface area contributed by atoms with Gasteiger partial charge in [-0.05, 0) is 44.4 Å². The largest absolute Gasteiger partial charge is 0.497 e. The maximum absolute atomic E-state index is 13.3. The van der Waals surface area contributed by atoms with Crippen molar-refractivity contribution in [2.45, 2.75) is 57.1 Å². The molecule has 38 heavy (non-hydrogen) atoms. The van der Waals surface area contributed by atoms with Crippen LogP contribution in [0.1, 0.15) is 43.9 Å². The lowest BCUT2D eigenvalue weighted by Gasteiger charge is -2.53. The van der Waals surface area contributed by atoms with Gasteiger partial charge in [-0.25, -0.2) is 4.79 Å². The number of aliphatic hydroxyl groups is 1. The number of benzene rings is 2. The van der Waals surface area contributed by atoms with Crippen LogP contribution in [-0.2, 0) is 20.9 Å². The monoisotopic (exact) mass is 524 g/mol. The lowest BCUT2D eigenvalue weighted by atomic mass is 9.70. The van der Waals surface area contributed by atoms with Gasteiger partial charge in [0.1, 0.15) is 29.7 Å². The van der Waals surface area contributed by atoms with E-state index in [0.717, 1.165) is 29.0 Å². The minimum atomic E-state index is -1.07. The van der Waals surface area contributed by atoms with E-state index in [-0.39, 0.29) is 36.6 Å². The number of likely N-dealkylation sites (tertiary alicyclic amines) is 1. The van der Waals surface area contributed by atoms with Gasteiger partial charge in [0.05, 0.1) is 25.9 Å². The van der Waals surface area contributed by atoms with Crippen LogP contribution in [-0.4, -0.2) is 66.6 Å². The molecule has 0 saturated carbocycles. The molecule has 9 heteroatoms. The zero-order valence-electron chi connectivity index (χ0n) is 22.1. The molecule has 9 nitrogen and oxygen atoms in total. The molecule has 0 unspecified atom stereocenters. The molecule has 204 valence electrons. The molecule has 0 aliphatic carbocycles. The quantitative estimate of drug-likeness (QED) is 0.596. The third-order valence-corrected chi connectivity index (χ3v) is 8.00. The standard InChI is InChI=1S/C29H36N2O7/c1-29(2)22-13-19-15-31(27(33)23(16-32)30-28(34)36-17-18-7-5-4-6-8-18)12-11-24(19)37-26(22)21-10-9-20(35-3)14-25(21)38-29/h4-10,14,19,22-24,26,32H,11-13,15-17H2,1-3H3,(H,30,34)/t19-,22+,23+,24+,26-/m1/s1. The summed E-state index contributed by atoms with van der Waals surface area (Å²) in [6.07, 6.45) is 0.711. The second kappa shape index (κ2) is 10.8. The molecular formula is C29H36N2O7. The number of hydrogen-bond donors (Lipinski definition) is 2. The number of amides is 2. The van der Waals surface area contributed by atoms with Gasteiger partial charge in [-0.15, -0.1) is 0 Å². The van der Waals surface area contributed by atoms with E-state index < -0.39 is 24.3 Å². The molecule has 3 heterocycles. The number of ether oxygens (including phenoxy) is 4. The number of carbonyl (C=O) groups is 2. The number of methoxy groups -OCH3 is 1. The summed E-state index contributed by atoms with van der Waals surface area (Å²) in [5.41, 5.74) is 1.41. The van der Waals surface area contributed by atoms with Gasteiger partial charge in [0.15, 0.2) is 0 Å². The minimum absolute atomic E-state index is 0.0144. The molecular weight excluding hydrogens is 488 g/mol. The lowest BCUT2D eigenvalue weighted by molar-refractivity contribution is -0.189. The number of piperidine rings is 1. The van der Waals surface area contributed by atoms with Crippen LogP contribution < -0.4 is 14.8 Å². The summed E-state index contributed by atoms with van der Waals surface area (Å²) in [6, 6.07) is 14.1. The Morgan fingerprint density at radius 2 is 2.00 bits per heavy atom. The van der Waals surface area contributed by atoms with Gasteiger partial charge < -0.3 is 34.3 Å². The fourth-order valence-electron chi connectivity index (χ4n) is 5.92. The molecule has 2 aromatic carbocycles. The Morgan fingerprint density at radius 3 is 2.74 bits per heavy atom. The van der Waals surface area contributed by atoms with Crippen molar-refractivity contribution < 1.29 is 33.6 Å². The van der Waals surface area contributed by atoms with Gasteiger partial charge >= 0.3 is 6.09 Å². The van der Waals surface area contributed by atoms with Crippen molar-refractivity contribution in [3.63, 3.8) is 0 Å². The van der Waals surface area contributed by atoms with Gasteiger partial charge in [-0.3, -0.25) is 4.79 Å². The number of aliphatic hydroxyl groups excluding tert-OH is 1. The zero-order chi connectivity index (χ0) is 26.9. The van der Waals surface area contributed by atoms with Crippen LogP contribution in [0.5, 0.6) is 11.5 Å². The van der Waals surface area contributed by atoms with Crippen LogP contribution in [0.15, 0.2) is 48.5 Å². The number of fused-ring (bicyclic) bond motifs is 4.